The fraction of sp³-hybridized carbons (Fsp3) is 0.900. The molecule has 2 N–H and O–H groups in total. The molecule has 1 rings (SSSR count). The number of rotatable bonds is 4. The van der Waals surface area contributed by atoms with Crippen LogP contribution in [0.2, 0.25) is 0 Å². The third kappa shape index (κ3) is 4.07. The lowest BCUT2D eigenvalue weighted by Crippen LogP contribution is -2.41. The normalized spacial score (nSPS) is 27.3. The van der Waals surface area contributed by atoms with Crippen LogP contribution in [0.15, 0.2) is 0 Å². The Bertz CT molecular complexity index is 184. The molecule has 0 heterocycles. The van der Waals surface area contributed by atoms with Gasteiger partial charge in [0.15, 0.2) is 0 Å². The Balaban J connectivity index is 2.18. The molecule has 4 nitrogen and oxygen atoms in total. The van der Waals surface area contributed by atoms with E-state index < -0.39 is 0 Å². The molecule has 0 saturated heterocycles. The molecule has 14 heavy (non-hydrogen) atoms. The van der Waals surface area contributed by atoms with Crippen LogP contribution in [0.25, 0.3) is 0 Å². The zero-order chi connectivity index (χ0) is 10.4. The van der Waals surface area contributed by atoms with Gasteiger partial charge < -0.3 is 15.2 Å². The molecule has 1 amide bonds. The van der Waals surface area contributed by atoms with Gasteiger partial charge in [-0.25, -0.2) is 0 Å². The third-order valence-corrected chi connectivity index (χ3v) is 2.45. The predicted octanol–water partition coefficient (Wildman–Crippen LogP) is 0.443. The molecule has 0 bridgehead atoms. The van der Waals surface area contributed by atoms with Crippen molar-refractivity contribution in [1.82, 2.24) is 5.32 Å². The number of hydrogen-bond acceptors (Lipinski definition) is 3. The van der Waals surface area contributed by atoms with Crippen LogP contribution in [0.4, 0.5) is 0 Å². The van der Waals surface area contributed by atoms with Gasteiger partial charge in [-0.2, -0.15) is 0 Å². The molecule has 82 valence electrons. The van der Waals surface area contributed by atoms with Gasteiger partial charge in [0.05, 0.1) is 6.10 Å². The summed E-state index contributed by atoms with van der Waals surface area (Å²) in [7, 11) is 0. The summed E-state index contributed by atoms with van der Waals surface area (Å²) >= 11 is 0. The molecule has 2 unspecified atom stereocenters. The van der Waals surface area contributed by atoms with E-state index in [1.54, 1.807) is 0 Å². The Kier molecular flexibility index (Phi) is 4.90. The van der Waals surface area contributed by atoms with E-state index in [0.717, 1.165) is 19.3 Å². The zero-order valence-electron chi connectivity index (χ0n) is 8.66. The van der Waals surface area contributed by atoms with Crippen molar-refractivity contribution in [3.63, 3.8) is 0 Å². The van der Waals surface area contributed by atoms with Crippen LogP contribution >= 0.6 is 0 Å². The van der Waals surface area contributed by atoms with Gasteiger partial charge in [-0.3, -0.25) is 4.79 Å². The van der Waals surface area contributed by atoms with Gasteiger partial charge in [-0.1, -0.05) is 0 Å². The van der Waals surface area contributed by atoms with Gasteiger partial charge in [0.2, 0.25) is 5.91 Å². The largest absolute Gasteiger partial charge is 0.393 e. The van der Waals surface area contributed by atoms with Gasteiger partial charge >= 0.3 is 0 Å². The third-order valence-electron chi connectivity index (χ3n) is 2.45. The maximum atomic E-state index is 11.3. The van der Waals surface area contributed by atoms with Crippen LogP contribution in [0, 0.1) is 0 Å². The quantitative estimate of drug-likeness (QED) is 0.694. The molecule has 0 spiro atoms. The lowest BCUT2D eigenvalue weighted by molar-refractivity contribution is -0.126. The highest BCUT2D eigenvalue weighted by Crippen LogP contribution is 2.17. The van der Waals surface area contributed by atoms with Crippen LogP contribution in [-0.2, 0) is 9.53 Å². The molecule has 0 radical (unpaired) electrons. The maximum Gasteiger partial charge on any atom is 0.246 e. The van der Waals surface area contributed by atoms with Gasteiger partial charge in [0.1, 0.15) is 6.61 Å². The summed E-state index contributed by atoms with van der Waals surface area (Å²) in [6, 6.07) is 0.131. The smallest absolute Gasteiger partial charge is 0.246 e. The highest BCUT2D eigenvalue weighted by molar-refractivity contribution is 5.77. The van der Waals surface area contributed by atoms with Crippen molar-refractivity contribution in [3.8, 4) is 0 Å². The second-order valence-electron chi connectivity index (χ2n) is 3.72. The first-order valence-corrected chi connectivity index (χ1v) is 5.27. The molecule has 1 fully saturated rings. The molecule has 0 aliphatic heterocycles. The van der Waals surface area contributed by atoms with E-state index in [0.29, 0.717) is 13.0 Å². The number of carbonyl (C=O) groups is 1. The predicted molar refractivity (Wildman–Crippen MR) is 52.9 cm³/mol. The summed E-state index contributed by atoms with van der Waals surface area (Å²) in [6.45, 7) is 2.54. The Labute approximate surface area is 84.6 Å². The van der Waals surface area contributed by atoms with Crippen LogP contribution in [-0.4, -0.2) is 36.4 Å². The van der Waals surface area contributed by atoms with Crippen LogP contribution in [0.5, 0.6) is 0 Å². The summed E-state index contributed by atoms with van der Waals surface area (Å²) in [6.07, 6.45) is 3.24. The lowest BCUT2D eigenvalue weighted by atomic mass is 9.93. The second-order valence-corrected chi connectivity index (χ2v) is 3.72. The van der Waals surface area contributed by atoms with Crippen LogP contribution < -0.4 is 5.32 Å². The number of nitrogens with one attached hydrogen (secondary N) is 1. The minimum absolute atomic E-state index is 0.0778. The van der Waals surface area contributed by atoms with Gasteiger partial charge in [0.25, 0.3) is 0 Å². The van der Waals surface area contributed by atoms with E-state index in [1.165, 1.54) is 0 Å². The average Bonchev–Trinajstić information content (AvgIpc) is 2.15. The van der Waals surface area contributed by atoms with E-state index in [9.17, 15) is 9.90 Å². The molecule has 0 aromatic heterocycles. The molecule has 0 aromatic carbocycles. The molecule has 2 atom stereocenters. The number of ether oxygens (including phenoxy) is 1. The average molecular weight is 201 g/mol. The Morgan fingerprint density at radius 1 is 1.57 bits per heavy atom. The highest BCUT2D eigenvalue weighted by atomic mass is 16.5. The number of hydrogen-bond donors (Lipinski definition) is 2. The van der Waals surface area contributed by atoms with Gasteiger partial charge in [-0.15, -0.1) is 0 Å². The first-order chi connectivity index (χ1) is 6.72. The minimum Gasteiger partial charge on any atom is -0.393 e. The summed E-state index contributed by atoms with van der Waals surface area (Å²) in [5.41, 5.74) is 0. The molecule has 1 aliphatic rings. The molecule has 4 heteroatoms. The number of amides is 1. The topological polar surface area (TPSA) is 58.6 Å². The van der Waals surface area contributed by atoms with Gasteiger partial charge in [-0.05, 0) is 32.6 Å². The van der Waals surface area contributed by atoms with Crippen molar-refractivity contribution in [2.75, 3.05) is 13.2 Å². The SMILES string of the molecule is CCOCC(=O)NC1CCCC(O)C1. The van der Waals surface area contributed by atoms with Crippen molar-refractivity contribution >= 4 is 5.91 Å². The van der Waals surface area contributed by atoms with E-state index in [-0.39, 0.29) is 24.7 Å². The Morgan fingerprint density at radius 2 is 2.36 bits per heavy atom. The standard InChI is InChI=1S/C10H19NO3/c1-2-14-7-10(13)11-8-4-3-5-9(12)6-8/h8-9,12H,2-7H2,1H3,(H,11,13). The molecule has 1 saturated carbocycles. The Morgan fingerprint density at radius 3 is 3.00 bits per heavy atom. The summed E-state index contributed by atoms with van der Waals surface area (Å²) < 4.78 is 4.99. The molecule has 1 aliphatic carbocycles. The van der Waals surface area contributed by atoms with Crippen LogP contribution in [0.3, 0.4) is 0 Å². The number of aliphatic hydroxyl groups is 1. The Hall–Kier alpha value is -0.610. The molecular formula is C10H19NO3. The minimum atomic E-state index is -0.249. The monoisotopic (exact) mass is 201 g/mol. The molecule has 0 aromatic rings. The van der Waals surface area contributed by atoms with Gasteiger partial charge in [0, 0.05) is 12.6 Å². The highest BCUT2D eigenvalue weighted by Gasteiger charge is 2.21. The van der Waals surface area contributed by atoms with Crippen molar-refractivity contribution in [2.45, 2.75) is 44.8 Å². The van der Waals surface area contributed by atoms with Crippen LogP contribution in [0.1, 0.15) is 32.6 Å². The number of aliphatic hydroxyl groups excluding tert-OH is 1. The first-order valence-electron chi connectivity index (χ1n) is 5.27. The fourth-order valence-corrected chi connectivity index (χ4v) is 1.76. The van der Waals surface area contributed by atoms with Crippen molar-refractivity contribution < 1.29 is 14.6 Å². The van der Waals surface area contributed by atoms with Crippen molar-refractivity contribution in [1.29, 1.82) is 0 Å². The summed E-state index contributed by atoms with van der Waals surface area (Å²) in [4.78, 5) is 11.3. The maximum absolute atomic E-state index is 11.3. The van der Waals surface area contributed by atoms with E-state index in [1.807, 2.05) is 6.92 Å². The second kappa shape index (κ2) is 5.98. The van der Waals surface area contributed by atoms with E-state index >= 15 is 0 Å². The summed E-state index contributed by atoms with van der Waals surface area (Å²) in [5.74, 6) is -0.0778. The zero-order valence-corrected chi connectivity index (χ0v) is 8.66. The van der Waals surface area contributed by atoms with Crippen molar-refractivity contribution in [3.05, 3.63) is 0 Å². The summed E-state index contributed by atoms with van der Waals surface area (Å²) in [5, 5.41) is 12.2. The first kappa shape index (κ1) is 11.5. The van der Waals surface area contributed by atoms with E-state index in [4.69, 9.17) is 4.74 Å². The van der Waals surface area contributed by atoms with Crippen molar-refractivity contribution in [2.24, 2.45) is 0 Å². The van der Waals surface area contributed by atoms with E-state index in [2.05, 4.69) is 5.32 Å². The molecular weight excluding hydrogens is 182 g/mol. The number of carbonyl (C=O) groups excluding carboxylic acids is 1. The lowest BCUT2D eigenvalue weighted by Gasteiger charge is -2.26. The fourth-order valence-electron chi connectivity index (χ4n) is 1.76.